The Balaban J connectivity index is 2.05. The molecule has 0 unspecified atom stereocenters. The topological polar surface area (TPSA) is 62.8 Å². The summed E-state index contributed by atoms with van der Waals surface area (Å²) >= 11 is 1.71. The molecule has 0 saturated carbocycles. The first-order valence-corrected chi connectivity index (χ1v) is 8.94. The standard InChI is InChI=1S/C14H12N2O2S2/c1-8-10-6-19-14-9-4-2-3-5-12(9)20(17,18)7-11(14)13(10)16-15-8/h2-5H,6-7H2,1H3,(H,15,16). The number of aromatic amines is 1. The fourth-order valence-corrected chi connectivity index (χ4v) is 5.87. The van der Waals surface area contributed by atoms with E-state index in [1.165, 1.54) is 0 Å². The summed E-state index contributed by atoms with van der Waals surface area (Å²) in [6, 6.07) is 7.24. The van der Waals surface area contributed by atoms with Crippen LogP contribution in [0.4, 0.5) is 0 Å². The lowest BCUT2D eigenvalue weighted by molar-refractivity contribution is 0.598. The number of benzene rings is 1. The predicted octanol–water partition coefficient (Wildman–Crippen LogP) is 2.62. The predicted molar refractivity (Wildman–Crippen MR) is 79.9 cm³/mol. The molecule has 0 bridgehead atoms. The molecule has 1 aromatic heterocycles. The van der Waals surface area contributed by atoms with Crippen LogP contribution in [0.1, 0.15) is 22.5 Å². The lowest BCUT2D eigenvalue weighted by Gasteiger charge is -2.26. The number of hydrogen-bond acceptors (Lipinski definition) is 4. The molecule has 4 nitrogen and oxygen atoms in total. The molecule has 0 fully saturated rings. The Morgan fingerprint density at radius 1 is 1.30 bits per heavy atom. The molecule has 102 valence electrons. The number of H-pyrrole nitrogens is 1. The summed E-state index contributed by atoms with van der Waals surface area (Å²) in [6.07, 6.45) is 0. The van der Waals surface area contributed by atoms with Gasteiger partial charge in [-0.15, -0.1) is 11.8 Å². The number of rotatable bonds is 0. The second-order valence-corrected chi connectivity index (χ2v) is 7.97. The molecule has 20 heavy (non-hydrogen) atoms. The van der Waals surface area contributed by atoms with Gasteiger partial charge in [0.25, 0.3) is 0 Å². The highest BCUT2D eigenvalue weighted by Crippen LogP contribution is 2.48. The molecule has 0 radical (unpaired) electrons. The fraction of sp³-hybridized carbons (Fsp3) is 0.214. The first kappa shape index (κ1) is 12.2. The monoisotopic (exact) mass is 304 g/mol. The molecule has 0 spiro atoms. The zero-order chi connectivity index (χ0) is 13.9. The third kappa shape index (κ3) is 1.55. The maximum absolute atomic E-state index is 12.5. The third-order valence-corrected chi connectivity index (χ3v) is 6.68. The van der Waals surface area contributed by atoms with Crippen molar-refractivity contribution in [2.45, 2.75) is 17.6 Å². The number of aryl methyl sites for hydroxylation is 1. The van der Waals surface area contributed by atoms with Crippen molar-refractivity contribution in [2.75, 3.05) is 5.75 Å². The van der Waals surface area contributed by atoms with Gasteiger partial charge in [-0.2, -0.15) is 5.10 Å². The van der Waals surface area contributed by atoms with Crippen LogP contribution in [-0.4, -0.2) is 24.4 Å². The first-order chi connectivity index (χ1) is 9.58. The Hall–Kier alpha value is -1.53. The van der Waals surface area contributed by atoms with Gasteiger partial charge in [-0.05, 0) is 13.0 Å². The first-order valence-electron chi connectivity index (χ1n) is 6.30. The van der Waals surface area contributed by atoms with Crippen LogP contribution in [0.2, 0.25) is 0 Å². The number of nitrogens with zero attached hydrogens (tertiary/aromatic N) is 1. The average molecular weight is 304 g/mol. The summed E-state index contributed by atoms with van der Waals surface area (Å²) in [5, 5.41) is 7.29. The average Bonchev–Trinajstić information content (AvgIpc) is 2.81. The third-order valence-electron chi connectivity index (χ3n) is 3.80. The summed E-state index contributed by atoms with van der Waals surface area (Å²) < 4.78 is 24.9. The molecule has 2 aliphatic heterocycles. The highest BCUT2D eigenvalue weighted by molar-refractivity contribution is 8.08. The summed E-state index contributed by atoms with van der Waals surface area (Å²) in [4.78, 5) is 1.51. The van der Waals surface area contributed by atoms with Crippen molar-refractivity contribution in [1.82, 2.24) is 10.2 Å². The Labute approximate surface area is 121 Å². The normalized spacial score (nSPS) is 19.2. The Bertz CT molecular complexity index is 863. The zero-order valence-electron chi connectivity index (χ0n) is 10.8. The van der Waals surface area contributed by atoms with Gasteiger partial charge in [0.05, 0.1) is 16.3 Å². The molecule has 4 rings (SSSR count). The largest absolute Gasteiger partial charge is 0.282 e. The van der Waals surface area contributed by atoms with Gasteiger partial charge in [-0.25, -0.2) is 8.42 Å². The molecule has 6 heteroatoms. The maximum atomic E-state index is 12.5. The van der Waals surface area contributed by atoms with E-state index in [9.17, 15) is 8.42 Å². The number of nitrogens with one attached hydrogen (secondary N) is 1. The van der Waals surface area contributed by atoms with Gasteiger partial charge in [0, 0.05) is 33.1 Å². The minimum atomic E-state index is -3.27. The second-order valence-electron chi connectivity index (χ2n) is 5.03. The number of fused-ring (bicyclic) bond motifs is 4. The van der Waals surface area contributed by atoms with E-state index in [0.717, 1.165) is 38.7 Å². The van der Waals surface area contributed by atoms with Crippen molar-refractivity contribution >= 4 is 32.1 Å². The summed E-state index contributed by atoms with van der Waals surface area (Å²) in [5.41, 5.74) is 4.65. The quantitative estimate of drug-likeness (QED) is 0.812. The molecule has 1 aromatic carbocycles. The number of thioether (sulfide) groups is 1. The van der Waals surface area contributed by atoms with E-state index in [0.29, 0.717) is 4.90 Å². The van der Waals surface area contributed by atoms with Crippen LogP contribution in [0.3, 0.4) is 0 Å². The second kappa shape index (κ2) is 3.99. The van der Waals surface area contributed by atoms with E-state index < -0.39 is 9.84 Å². The highest BCUT2D eigenvalue weighted by atomic mass is 32.2. The lowest BCUT2D eigenvalue weighted by Crippen LogP contribution is -2.18. The molecule has 0 atom stereocenters. The van der Waals surface area contributed by atoms with Gasteiger partial charge in [0.1, 0.15) is 0 Å². The molecular weight excluding hydrogens is 292 g/mol. The minimum Gasteiger partial charge on any atom is -0.282 e. The van der Waals surface area contributed by atoms with Crippen LogP contribution in [0.25, 0.3) is 10.5 Å². The van der Waals surface area contributed by atoms with Gasteiger partial charge in [-0.3, -0.25) is 5.10 Å². The van der Waals surface area contributed by atoms with Crippen LogP contribution < -0.4 is 0 Å². The van der Waals surface area contributed by atoms with E-state index >= 15 is 0 Å². The summed E-state index contributed by atoms with van der Waals surface area (Å²) in [5.74, 6) is 0.883. The minimum absolute atomic E-state index is 0.0453. The van der Waals surface area contributed by atoms with Crippen molar-refractivity contribution in [2.24, 2.45) is 0 Å². The SMILES string of the molecule is Cc1[nH]nc2c1CSC1=C2CS(=O)(=O)c2ccccc21. The highest BCUT2D eigenvalue weighted by Gasteiger charge is 2.35. The van der Waals surface area contributed by atoms with Gasteiger partial charge in [-0.1, -0.05) is 18.2 Å². The van der Waals surface area contributed by atoms with E-state index in [1.807, 2.05) is 19.1 Å². The van der Waals surface area contributed by atoms with Gasteiger partial charge >= 0.3 is 0 Å². The number of hydrogen-bond donors (Lipinski definition) is 1. The van der Waals surface area contributed by atoms with Crippen LogP contribution >= 0.6 is 11.8 Å². The van der Waals surface area contributed by atoms with Crippen LogP contribution in [0.15, 0.2) is 29.2 Å². The molecule has 0 aliphatic carbocycles. The van der Waals surface area contributed by atoms with Crippen LogP contribution in [0.5, 0.6) is 0 Å². The number of sulfone groups is 1. The van der Waals surface area contributed by atoms with E-state index in [2.05, 4.69) is 10.2 Å². The Morgan fingerprint density at radius 3 is 2.95 bits per heavy atom. The summed E-state index contributed by atoms with van der Waals surface area (Å²) in [6.45, 7) is 1.98. The molecule has 2 aromatic rings. The smallest absolute Gasteiger partial charge is 0.183 e. The molecule has 3 heterocycles. The molecule has 1 N–H and O–H groups in total. The van der Waals surface area contributed by atoms with Gasteiger partial charge in [0.15, 0.2) is 9.84 Å². The summed E-state index contributed by atoms with van der Waals surface area (Å²) in [7, 11) is -3.27. The van der Waals surface area contributed by atoms with Crippen molar-refractivity contribution < 1.29 is 8.42 Å². The lowest BCUT2D eigenvalue weighted by atomic mass is 10.0. The van der Waals surface area contributed by atoms with Gasteiger partial charge < -0.3 is 0 Å². The molecule has 2 aliphatic rings. The maximum Gasteiger partial charge on any atom is 0.183 e. The van der Waals surface area contributed by atoms with Gasteiger partial charge in [0.2, 0.25) is 0 Å². The van der Waals surface area contributed by atoms with E-state index in [4.69, 9.17) is 0 Å². The molecule has 0 saturated heterocycles. The van der Waals surface area contributed by atoms with Crippen molar-refractivity contribution in [3.05, 3.63) is 46.8 Å². The molecule has 0 amide bonds. The fourth-order valence-electron chi connectivity index (χ4n) is 2.78. The number of aromatic nitrogens is 2. The van der Waals surface area contributed by atoms with Crippen LogP contribution in [-0.2, 0) is 15.6 Å². The van der Waals surface area contributed by atoms with E-state index in [-0.39, 0.29) is 5.75 Å². The molecular formula is C14H12N2O2S2. The Morgan fingerprint density at radius 2 is 2.10 bits per heavy atom. The van der Waals surface area contributed by atoms with Crippen molar-refractivity contribution in [3.8, 4) is 0 Å². The van der Waals surface area contributed by atoms with Crippen LogP contribution in [0, 0.1) is 6.92 Å². The Kier molecular flexibility index (Phi) is 2.44. The van der Waals surface area contributed by atoms with Crippen molar-refractivity contribution in [1.29, 1.82) is 0 Å². The van der Waals surface area contributed by atoms with E-state index in [1.54, 1.807) is 23.9 Å². The van der Waals surface area contributed by atoms with Crippen molar-refractivity contribution in [3.63, 3.8) is 0 Å². The zero-order valence-corrected chi connectivity index (χ0v) is 12.4.